The molecule has 4 rings (SSSR count). The SMILES string of the molecule is N#Cc1ccc(OCc2ccc(C(=O)N3CCCN(c4ccc(F)cc4)CC3)o2)cc1. The van der Waals surface area contributed by atoms with E-state index in [0.717, 1.165) is 18.7 Å². The van der Waals surface area contributed by atoms with Crippen LogP contribution in [0.5, 0.6) is 5.75 Å². The highest BCUT2D eigenvalue weighted by atomic mass is 19.1. The number of carbonyl (C=O) groups is 1. The lowest BCUT2D eigenvalue weighted by molar-refractivity contribution is 0.0731. The first-order valence-electron chi connectivity index (χ1n) is 10.1. The van der Waals surface area contributed by atoms with Crippen LogP contribution >= 0.6 is 0 Å². The molecule has 0 bridgehead atoms. The van der Waals surface area contributed by atoms with Crippen LogP contribution in [0.15, 0.2) is 65.1 Å². The Kier molecular flexibility index (Phi) is 6.18. The molecule has 0 N–H and O–H groups in total. The first-order chi connectivity index (χ1) is 15.1. The quantitative estimate of drug-likeness (QED) is 0.619. The molecule has 1 fully saturated rings. The molecule has 2 aromatic carbocycles. The third-order valence-corrected chi connectivity index (χ3v) is 5.21. The summed E-state index contributed by atoms with van der Waals surface area (Å²) < 4.78 is 24.5. The fourth-order valence-corrected chi connectivity index (χ4v) is 3.54. The summed E-state index contributed by atoms with van der Waals surface area (Å²) in [5.74, 6) is 1.05. The molecule has 1 saturated heterocycles. The van der Waals surface area contributed by atoms with Gasteiger partial charge in [0.25, 0.3) is 5.91 Å². The number of benzene rings is 2. The Hall–Kier alpha value is -3.79. The lowest BCUT2D eigenvalue weighted by Gasteiger charge is -2.23. The van der Waals surface area contributed by atoms with Crippen molar-refractivity contribution in [2.45, 2.75) is 13.0 Å². The van der Waals surface area contributed by atoms with Crippen LogP contribution in [0.3, 0.4) is 0 Å². The summed E-state index contributed by atoms with van der Waals surface area (Å²) in [6.45, 7) is 2.86. The van der Waals surface area contributed by atoms with Crippen LogP contribution < -0.4 is 9.64 Å². The van der Waals surface area contributed by atoms with Gasteiger partial charge >= 0.3 is 0 Å². The molecule has 6 nitrogen and oxygen atoms in total. The van der Waals surface area contributed by atoms with E-state index < -0.39 is 0 Å². The molecule has 3 aromatic rings. The van der Waals surface area contributed by atoms with E-state index in [1.54, 1.807) is 53.4 Å². The van der Waals surface area contributed by atoms with Crippen molar-refractivity contribution in [3.63, 3.8) is 0 Å². The number of nitrogens with zero attached hydrogens (tertiary/aromatic N) is 3. The van der Waals surface area contributed by atoms with Crippen LogP contribution in [0.25, 0.3) is 0 Å². The maximum atomic E-state index is 13.2. The fraction of sp³-hybridized carbons (Fsp3) is 0.250. The molecule has 1 amide bonds. The number of furan rings is 1. The van der Waals surface area contributed by atoms with Gasteiger partial charge in [-0.05, 0) is 67.1 Å². The maximum absolute atomic E-state index is 13.2. The lowest BCUT2D eigenvalue weighted by atomic mass is 10.2. The number of anilines is 1. The Balaban J connectivity index is 1.33. The van der Waals surface area contributed by atoms with Crippen molar-refractivity contribution in [3.8, 4) is 11.8 Å². The zero-order valence-corrected chi connectivity index (χ0v) is 17.0. The highest BCUT2D eigenvalue weighted by Crippen LogP contribution is 2.20. The molecular formula is C24H22FN3O3. The summed E-state index contributed by atoms with van der Waals surface area (Å²) in [5, 5.41) is 8.84. The van der Waals surface area contributed by atoms with E-state index >= 15 is 0 Å². The van der Waals surface area contributed by atoms with Crippen molar-refractivity contribution >= 4 is 11.6 Å². The standard InChI is InChI=1S/C24H22FN3O3/c25-19-4-6-20(7-5-19)27-12-1-13-28(15-14-27)24(29)23-11-10-22(31-23)17-30-21-8-2-18(16-26)3-9-21/h2-11H,1,12-15,17H2. The number of halogens is 1. The summed E-state index contributed by atoms with van der Waals surface area (Å²) in [4.78, 5) is 16.8. The van der Waals surface area contributed by atoms with E-state index in [-0.39, 0.29) is 24.1 Å². The molecule has 1 aliphatic heterocycles. The number of nitriles is 1. The van der Waals surface area contributed by atoms with Gasteiger partial charge in [0.15, 0.2) is 5.76 Å². The van der Waals surface area contributed by atoms with Gasteiger partial charge in [-0.25, -0.2) is 4.39 Å². The van der Waals surface area contributed by atoms with Gasteiger partial charge in [-0.3, -0.25) is 4.79 Å². The zero-order valence-electron chi connectivity index (χ0n) is 17.0. The number of rotatable bonds is 5. The topological polar surface area (TPSA) is 69.7 Å². The molecule has 0 spiro atoms. The predicted octanol–water partition coefficient (Wildman–Crippen LogP) is 4.22. The van der Waals surface area contributed by atoms with Gasteiger partial charge in [-0.15, -0.1) is 0 Å². The van der Waals surface area contributed by atoms with E-state index in [9.17, 15) is 9.18 Å². The third-order valence-electron chi connectivity index (χ3n) is 5.21. The molecule has 0 aliphatic carbocycles. The molecule has 0 unspecified atom stereocenters. The highest BCUT2D eigenvalue weighted by Gasteiger charge is 2.23. The smallest absolute Gasteiger partial charge is 0.289 e. The van der Waals surface area contributed by atoms with Crippen LogP contribution in [0, 0.1) is 17.1 Å². The molecule has 0 radical (unpaired) electrons. The molecule has 31 heavy (non-hydrogen) atoms. The molecule has 0 saturated carbocycles. The normalized spacial score (nSPS) is 14.1. The van der Waals surface area contributed by atoms with Crippen LogP contribution in [-0.4, -0.2) is 37.0 Å². The minimum absolute atomic E-state index is 0.148. The van der Waals surface area contributed by atoms with Crippen LogP contribution in [0.1, 0.15) is 28.3 Å². The molecule has 1 aromatic heterocycles. The maximum Gasteiger partial charge on any atom is 0.289 e. The van der Waals surface area contributed by atoms with Crippen molar-refractivity contribution in [2.75, 3.05) is 31.1 Å². The molecule has 158 valence electrons. The molecule has 1 aliphatic rings. The second-order valence-electron chi connectivity index (χ2n) is 7.30. The minimum Gasteiger partial charge on any atom is -0.486 e. The lowest BCUT2D eigenvalue weighted by Crippen LogP contribution is -2.35. The fourth-order valence-electron chi connectivity index (χ4n) is 3.54. The van der Waals surface area contributed by atoms with Gasteiger partial charge in [0, 0.05) is 31.9 Å². The number of hydrogen-bond acceptors (Lipinski definition) is 5. The van der Waals surface area contributed by atoms with Gasteiger partial charge in [0.1, 0.15) is 23.9 Å². The third kappa shape index (κ3) is 5.04. The van der Waals surface area contributed by atoms with Gasteiger partial charge < -0.3 is 19.0 Å². The van der Waals surface area contributed by atoms with Crippen molar-refractivity contribution in [1.82, 2.24) is 4.90 Å². The molecule has 0 atom stereocenters. The Morgan fingerprint density at radius 2 is 1.77 bits per heavy atom. The van der Waals surface area contributed by atoms with E-state index in [1.807, 2.05) is 0 Å². The summed E-state index contributed by atoms with van der Waals surface area (Å²) in [5.41, 5.74) is 1.52. The molecular weight excluding hydrogens is 397 g/mol. The van der Waals surface area contributed by atoms with Gasteiger partial charge in [0.2, 0.25) is 0 Å². The van der Waals surface area contributed by atoms with Gasteiger partial charge in [-0.2, -0.15) is 5.26 Å². The summed E-state index contributed by atoms with van der Waals surface area (Å²) in [7, 11) is 0. The van der Waals surface area contributed by atoms with Gasteiger partial charge in [0.05, 0.1) is 11.6 Å². The monoisotopic (exact) mass is 419 g/mol. The van der Waals surface area contributed by atoms with Gasteiger partial charge in [-0.1, -0.05) is 0 Å². The number of ether oxygens (including phenoxy) is 1. The second kappa shape index (κ2) is 9.35. The minimum atomic E-state index is -0.257. The van der Waals surface area contributed by atoms with E-state index in [2.05, 4.69) is 11.0 Å². The zero-order chi connectivity index (χ0) is 21.6. The van der Waals surface area contributed by atoms with Crippen LogP contribution in [0.4, 0.5) is 10.1 Å². The largest absolute Gasteiger partial charge is 0.486 e. The van der Waals surface area contributed by atoms with Crippen molar-refractivity contribution < 1.29 is 18.3 Å². The van der Waals surface area contributed by atoms with E-state index in [1.165, 1.54) is 12.1 Å². The van der Waals surface area contributed by atoms with Crippen molar-refractivity contribution in [2.24, 2.45) is 0 Å². The average Bonchev–Trinajstić information content (AvgIpc) is 3.14. The Bertz CT molecular complexity index is 1070. The molecule has 7 heteroatoms. The Morgan fingerprint density at radius 1 is 1.00 bits per heavy atom. The van der Waals surface area contributed by atoms with E-state index in [4.69, 9.17) is 14.4 Å². The Labute approximate surface area is 180 Å². The predicted molar refractivity (Wildman–Crippen MR) is 113 cm³/mol. The Morgan fingerprint density at radius 3 is 2.52 bits per heavy atom. The first kappa shape index (κ1) is 20.5. The van der Waals surface area contributed by atoms with Crippen LogP contribution in [-0.2, 0) is 6.61 Å². The second-order valence-corrected chi connectivity index (χ2v) is 7.30. The first-order valence-corrected chi connectivity index (χ1v) is 10.1. The van der Waals surface area contributed by atoms with Crippen molar-refractivity contribution in [1.29, 1.82) is 5.26 Å². The number of carbonyl (C=O) groups excluding carboxylic acids is 1. The molecule has 2 heterocycles. The number of amides is 1. The summed E-state index contributed by atoms with van der Waals surface area (Å²) >= 11 is 0. The average molecular weight is 419 g/mol. The van der Waals surface area contributed by atoms with Crippen molar-refractivity contribution in [3.05, 3.63) is 83.6 Å². The van der Waals surface area contributed by atoms with Crippen LogP contribution in [0.2, 0.25) is 0 Å². The summed E-state index contributed by atoms with van der Waals surface area (Å²) in [6, 6.07) is 18.7. The highest BCUT2D eigenvalue weighted by molar-refractivity contribution is 5.91. The number of hydrogen-bond donors (Lipinski definition) is 0. The van der Waals surface area contributed by atoms with E-state index in [0.29, 0.717) is 36.7 Å². The summed E-state index contributed by atoms with van der Waals surface area (Å²) in [6.07, 6.45) is 0.818.